The van der Waals surface area contributed by atoms with Crippen molar-refractivity contribution < 1.29 is 4.39 Å². The van der Waals surface area contributed by atoms with E-state index >= 15 is 0 Å². The van der Waals surface area contributed by atoms with Crippen LogP contribution in [0.4, 0.5) is 4.39 Å². The molecule has 0 atom stereocenters. The first-order valence-corrected chi connectivity index (χ1v) is 7.54. The van der Waals surface area contributed by atoms with Gasteiger partial charge < -0.3 is 5.73 Å². The molecule has 3 aromatic rings. The van der Waals surface area contributed by atoms with E-state index in [1.54, 1.807) is 18.3 Å². The summed E-state index contributed by atoms with van der Waals surface area (Å²) in [5, 5.41) is 5.20. The summed E-state index contributed by atoms with van der Waals surface area (Å²) in [6, 6.07) is 10.4. The number of rotatable bonds is 5. The molecule has 0 saturated heterocycles. The molecule has 21 heavy (non-hydrogen) atoms. The molecule has 3 rings (SSSR count). The Morgan fingerprint density at radius 1 is 1.14 bits per heavy atom. The zero-order valence-corrected chi connectivity index (χ0v) is 12.2. The van der Waals surface area contributed by atoms with Gasteiger partial charge in [-0.1, -0.05) is 11.8 Å². The lowest BCUT2D eigenvalue weighted by Crippen LogP contribution is -2.06. The first kappa shape index (κ1) is 14.0. The molecule has 0 radical (unpaired) electrons. The Bertz CT molecular complexity index is 739. The molecule has 0 aliphatic carbocycles. The third-order valence-electron chi connectivity index (χ3n) is 3.08. The van der Waals surface area contributed by atoms with Crippen LogP contribution in [0.25, 0.3) is 11.0 Å². The third-order valence-corrected chi connectivity index (χ3v) is 4.03. The van der Waals surface area contributed by atoms with Crippen molar-refractivity contribution in [2.45, 2.75) is 22.9 Å². The average molecular weight is 302 g/mol. The van der Waals surface area contributed by atoms with Gasteiger partial charge in [0.15, 0.2) is 0 Å². The lowest BCUT2D eigenvalue weighted by molar-refractivity contribution is 0.602. The zero-order chi connectivity index (χ0) is 14.7. The van der Waals surface area contributed by atoms with Crippen molar-refractivity contribution in [2.24, 2.45) is 5.73 Å². The number of hydrogen-bond acceptors (Lipinski definition) is 4. The van der Waals surface area contributed by atoms with Crippen LogP contribution >= 0.6 is 11.8 Å². The first-order valence-electron chi connectivity index (χ1n) is 6.72. The molecule has 0 fully saturated rings. The van der Waals surface area contributed by atoms with Crippen LogP contribution in [0, 0.1) is 5.82 Å². The maximum absolute atomic E-state index is 12.9. The standard InChI is InChI=1S/C15H15FN4S/c16-11-2-4-12(5-3-11)21-15-7-6-14-13(19-15)10-18-20(14)9-1-8-17/h2-7,10H,1,8-9,17H2. The number of fused-ring (bicyclic) bond motifs is 1. The molecule has 0 bridgehead atoms. The number of nitrogens with zero attached hydrogens (tertiary/aromatic N) is 3. The minimum absolute atomic E-state index is 0.232. The molecule has 0 unspecified atom stereocenters. The second kappa shape index (κ2) is 6.24. The highest BCUT2D eigenvalue weighted by molar-refractivity contribution is 7.99. The lowest BCUT2D eigenvalue weighted by atomic mass is 10.3. The van der Waals surface area contributed by atoms with Crippen LogP contribution in [-0.4, -0.2) is 21.3 Å². The summed E-state index contributed by atoms with van der Waals surface area (Å²) >= 11 is 1.50. The number of aryl methyl sites for hydroxylation is 1. The van der Waals surface area contributed by atoms with Crippen molar-refractivity contribution in [3.05, 3.63) is 48.4 Å². The molecular weight excluding hydrogens is 287 g/mol. The molecular formula is C15H15FN4S. The van der Waals surface area contributed by atoms with Crippen LogP contribution in [0.5, 0.6) is 0 Å². The second-order valence-electron chi connectivity index (χ2n) is 4.62. The Labute approximate surface area is 126 Å². The van der Waals surface area contributed by atoms with Gasteiger partial charge in [-0.05, 0) is 49.4 Å². The van der Waals surface area contributed by atoms with Gasteiger partial charge in [0.2, 0.25) is 0 Å². The van der Waals surface area contributed by atoms with E-state index in [2.05, 4.69) is 10.1 Å². The summed E-state index contributed by atoms with van der Waals surface area (Å²) in [4.78, 5) is 5.53. The minimum Gasteiger partial charge on any atom is -0.330 e. The summed E-state index contributed by atoms with van der Waals surface area (Å²) in [5.41, 5.74) is 7.39. The molecule has 4 nitrogen and oxygen atoms in total. The highest BCUT2D eigenvalue weighted by Crippen LogP contribution is 2.27. The molecule has 6 heteroatoms. The highest BCUT2D eigenvalue weighted by Gasteiger charge is 2.06. The lowest BCUT2D eigenvalue weighted by Gasteiger charge is -2.03. The van der Waals surface area contributed by atoms with Gasteiger partial charge in [-0.15, -0.1) is 0 Å². The maximum Gasteiger partial charge on any atom is 0.123 e. The SMILES string of the molecule is NCCCn1ncc2nc(Sc3ccc(F)cc3)ccc21. The van der Waals surface area contributed by atoms with E-state index in [9.17, 15) is 4.39 Å². The summed E-state index contributed by atoms with van der Waals surface area (Å²) in [6.07, 6.45) is 2.66. The van der Waals surface area contributed by atoms with Gasteiger partial charge in [0, 0.05) is 11.4 Å². The summed E-state index contributed by atoms with van der Waals surface area (Å²) in [6.45, 7) is 1.44. The Kier molecular flexibility index (Phi) is 4.17. The van der Waals surface area contributed by atoms with E-state index in [1.807, 2.05) is 16.8 Å². The first-order chi connectivity index (χ1) is 10.3. The molecule has 2 heterocycles. The van der Waals surface area contributed by atoms with Crippen LogP contribution in [-0.2, 0) is 6.54 Å². The van der Waals surface area contributed by atoms with Crippen molar-refractivity contribution in [1.29, 1.82) is 0 Å². The van der Waals surface area contributed by atoms with Crippen LogP contribution in [0.2, 0.25) is 0 Å². The summed E-state index contributed by atoms with van der Waals surface area (Å²) in [5.74, 6) is -0.232. The normalized spacial score (nSPS) is 11.1. The van der Waals surface area contributed by atoms with Crippen LogP contribution in [0.15, 0.2) is 52.5 Å². The quantitative estimate of drug-likeness (QED) is 0.787. The molecule has 0 spiro atoms. The van der Waals surface area contributed by atoms with Gasteiger partial charge in [0.05, 0.1) is 11.7 Å². The van der Waals surface area contributed by atoms with Gasteiger partial charge in [-0.2, -0.15) is 5.10 Å². The van der Waals surface area contributed by atoms with E-state index in [0.29, 0.717) is 6.54 Å². The summed E-state index contributed by atoms with van der Waals surface area (Å²) in [7, 11) is 0. The largest absolute Gasteiger partial charge is 0.330 e. The number of benzene rings is 1. The fourth-order valence-corrected chi connectivity index (χ4v) is 2.84. The second-order valence-corrected chi connectivity index (χ2v) is 5.71. The maximum atomic E-state index is 12.9. The summed E-state index contributed by atoms with van der Waals surface area (Å²) < 4.78 is 14.8. The molecule has 2 aromatic heterocycles. The molecule has 108 valence electrons. The van der Waals surface area contributed by atoms with E-state index in [0.717, 1.165) is 33.9 Å². The third kappa shape index (κ3) is 3.22. The van der Waals surface area contributed by atoms with Gasteiger partial charge in [-0.3, -0.25) is 4.68 Å². The van der Waals surface area contributed by atoms with Crippen molar-refractivity contribution in [1.82, 2.24) is 14.8 Å². The number of nitrogens with two attached hydrogens (primary N) is 1. The smallest absolute Gasteiger partial charge is 0.123 e. The van der Waals surface area contributed by atoms with Gasteiger partial charge in [0.25, 0.3) is 0 Å². The van der Waals surface area contributed by atoms with Crippen molar-refractivity contribution in [3.63, 3.8) is 0 Å². The number of hydrogen-bond donors (Lipinski definition) is 1. The topological polar surface area (TPSA) is 56.7 Å². The predicted octanol–water partition coefficient (Wildman–Crippen LogP) is 3.07. The Balaban J connectivity index is 1.82. The van der Waals surface area contributed by atoms with E-state index in [4.69, 9.17) is 5.73 Å². The van der Waals surface area contributed by atoms with Crippen molar-refractivity contribution in [2.75, 3.05) is 6.54 Å². The number of pyridine rings is 1. The van der Waals surface area contributed by atoms with Gasteiger partial charge in [0.1, 0.15) is 16.4 Å². The molecule has 2 N–H and O–H groups in total. The molecule has 0 aliphatic rings. The molecule has 0 saturated carbocycles. The Hall–Kier alpha value is -1.92. The fraction of sp³-hybridized carbons (Fsp3) is 0.200. The minimum atomic E-state index is -0.232. The fourth-order valence-electron chi connectivity index (χ4n) is 2.05. The highest BCUT2D eigenvalue weighted by atomic mass is 32.2. The molecule has 0 amide bonds. The average Bonchev–Trinajstić information content (AvgIpc) is 2.90. The number of aromatic nitrogens is 3. The zero-order valence-electron chi connectivity index (χ0n) is 11.4. The van der Waals surface area contributed by atoms with E-state index < -0.39 is 0 Å². The van der Waals surface area contributed by atoms with Crippen molar-refractivity contribution >= 4 is 22.8 Å². The van der Waals surface area contributed by atoms with Crippen molar-refractivity contribution in [3.8, 4) is 0 Å². The van der Waals surface area contributed by atoms with Gasteiger partial charge >= 0.3 is 0 Å². The predicted molar refractivity (Wildman–Crippen MR) is 81.7 cm³/mol. The van der Waals surface area contributed by atoms with Crippen LogP contribution < -0.4 is 5.73 Å². The van der Waals surface area contributed by atoms with E-state index in [1.165, 1.54) is 23.9 Å². The van der Waals surface area contributed by atoms with Gasteiger partial charge in [-0.25, -0.2) is 9.37 Å². The van der Waals surface area contributed by atoms with E-state index in [-0.39, 0.29) is 5.82 Å². The Morgan fingerprint density at radius 2 is 1.95 bits per heavy atom. The molecule has 1 aromatic carbocycles. The Morgan fingerprint density at radius 3 is 2.71 bits per heavy atom. The molecule has 0 aliphatic heterocycles. The van der Waals surface area contributed by atoms with Crippen LogP contribution in [0.1, 0.15) is 6.42 Å². The van der Waals surface area contributed by atoms with Crippen LogP contribution in [0.3, 0.4) is 0 Å². The number of halogens is 1. The monoisotopic (exact) mass is 302 g/mol.